The Labute approximate surface area is 208 Å². The molecule has 0 saturated heterocycles. The molecule has 0 aliphatic rings. The van der Waals surface area contributed by atoms with Crippen molar-refractivity contribution in [3.8, 4) is 0 Å². The van der Waals surface area contributed by atoms with E-state index in [4.69, 9.17) is 0 Å². The van der Waals surface area contributed by atoms with E-state index in [0.29, 0.717) is 25.2 Å². The van der Waals surface area contributed by atoms with E-state index >= 15 is 0 Å². The second-order valence-corrected chi connectivity index (χ2v) is 11.3. The predicted molar refractivity (Wildman–Crippen MR) is 139 cm³/mol. The summed E-state index contributed by atoms with van der Waals surface area (Å²) >= 11 is 0. The van der Waals surface area contributed by atoms with E-state index in [1.807, 2.05) is 41.5 Å². The molecular formula is C27H53N3O4. The van der Waals surface area contributed by atoms with Gasteiger partial charge in [0.2, 0.25) is 17.7 Å². The molecule has 0 saturated carbocycles. The van der Waals surface area contributed by atoms with Gasteiger partial charge >= 0.3 is 0 Å². The molecule has 0 radical (unpaired) electrons. The summed E-state index contributed by atoms with van der Waals surface area (Å²) in [5, 5.41) is 19.5. The number of hydrogen-bond donors (Lipinski definition) is 4. The highest BCUT2D eigenvalue weighted by Gasteiger charge is 2.32. The van der Waals surface area contributed by atoms with E-state index in [-0.39, 0.29) is 41.5 Å². The first-order chi connectivity index (χ1) is 15.8. The molecule has 4 N–H and O–H groups in total. The minimum absolute atomic E-state index is 0.120. The first-order valence-electron chi connectivity index (χ1n) is 13.4. The second-order valence-electron chi connectivity index (χ2n) is 11.3. The fraction of sp³-hybridized carbons (Fsp3) is 0.889. The average Bonchev–Trinajstić information content (AvgIpc) is 2.71. The van der Waals surface area contributed by atoms with Gasteiger partial charge in [-0.2, -0.15) is 0 Å². The number of carbonyl (C=O) groups is 3. The van der Waals surface area contributed by atoms with Crippen molar-refractivity contribution in [2.24, 2.45) is 23.7 Å². The highest BCUT2D eigenvalue weighted by molar-refractivity contribution is 5.92. The van der Waals surface area contributed by atoms with Crippen molar-refractivity contribution < 1.29 is 19.5 Å². The van der Waals surface area contributed by atoms with Crippen LogP contribution in [-0.4, -0.2) is 47.1 Å². The lowest BCUT2D eigenvalue weighted by molar-refractivity contribution is -0.134. The van der Waals surface area contributed by atoms with Gasteiger partial charge < -0.3 is 21.1 Å². The van der Waals surface area contributed by atoms with Gasteiger partial charge in [-0.05, 0) is 36.5 Å². The second kappa shape index (κ2) is 16.9. The molecule has 4 atom stereocenters. The lowest BCUT2D eigenvalue weighted by Crippen LogP contribution is -2.58. The maximum Gasteiger partial charge on any atom is 0.243 e. The Balaban J connectivity index is 5.33. The third kappa shape index (κ3) is 13.3. The number of aliphatic hydroxyl groups excluding tert-OH is 1. The van der Waals surface area contributed by atoms with Crippen LogP contribution in [0.2, 0.25) is 0 Å². The molecule has 0 heterocycles. The molecule has 2 unspecified atom stereocenters. The standard InChI is InChI=1S/C27H53N3O4/c1-10-11-12-13-14-22(31)21(15-17(2)3)28-26(33)25(20(8)9)30-27(34)24(19(6)7)29-23(32)16-18(4)5/h17-22,24-25,31H,10-16H2,1-9H3,(H,28,33)(H,29,32)(H,30,34)/t21?,22?,24-,25-/m0/s1. The van der Waals surface area contributed by atoms with Gasteiger partial charge in [-0.15, -0.1) is 0 Å². The zero-order chi connectivity index (χ0) is 26.4. The topological polar surface area (TPSA) is 108 Å². The van der Waals surface area contributed by atoms with Crippen LogP contribution in [0, 0.1) is 23.7 Å². The van der Waals surface area contributed by atoms with Gasteiger partial charge in [-0.1, -0.05) is 88.0 Å². The molecule has 7 heteroatoms. The minimum Gasteiger partial charge on any atom is -0.391 e. The molecule has 0 aliphatic carbocycles. The van der Waals surface area contributed by atoms with Crippen molar-refractivity contribution in [2.45, 2.75) is 131 Å². The van der Waals surface area contributed by atoms with Crippen molar-refractivity contribution in [3.05, 3.63) is 0 Å². The highest BCUT2D eigenvalue weighted by atomic mass is 16.3. The van der Waals surface area contributed by atoms with Crippen molar-refractivity contribution in [3.63, 3.8) is 0 Å². The van der Waals surface area contributed by atoms with E-state index in [2.05, 4.69) is 36.7 Å². The van der Waals surface area contributed by atoms with Gasteiger partial charge in [0.05, 0.1) is 12.1 Å². The summed E-state index contributed by atoms with van der Waals surface area (Å²) in [4.78, 5) is 38.6. The van der Waals surface area contributed by atoms with E-state index < -0.39 is 18.2 Å². The molecule has 34 heavy (non-hydrogen) atoms. The van der Waals surface area contributed by atoms with Crippen LogP contribution < -0.4 is 16.0 Å². The molecule has 0 rings (SSSR count). The number of rotatable bonds is 17. The van der Waals surface area contributed by atoms with Crippen molar-refractivity contribution in [1.29, 1.82) is 0 Å². The molecule has 0 aliphatic heterocycles. The summed E-state index contributed by atoms with van der Waals surface area (Å²) in [5.74, 6) is -0.590. The van der Waals surface area contributed by atoms with Crippen molar-refractivity contribution in [1.82, 2.24) is 16.0 Å². The molecule has 0 aromatic rings. The zero-order valence-electron chi connectivity index (χ0n) is 23.2. The lowest BCUT2D eigenvalue weighted by Gasteiger charge is -2.31. The van der Waals surface area contributed by atoms with Crippen molar-refractivity contribution in [2.75, 3.05) is 0 Å². The largest absolute Gasteiger partial charge is 0.391 e. The van der Waals surface area contributed by atoms with Crippen LogP contribution in [0.15, 0.2) is 0 Å². The lowest BCUT2D eigenvalue weighted by atomic mass is 9.94. The Morgan fingerprint density at radius 2 is 1.24 bits per heavy atom. The summed E-state index contributed by atoms with van der Waals surface area (Å²) in [6.45, 7) is 17.7. The quantitative estimate of drug-likeness (QED) is 0.233. The maximum atomic E-state index is 13.2. The van der Waals surface area contributed by atoms with Crippen LogP contribution in [0.4, 0.5) is 0 Å². The first kappa shape index (κ1) is 32.4. The van der Waals surface area contributed by atoms with Crippen LogP contribution in [0.25, 0.3) is 0 Å². The number of hydrogen-bond acceptors (Lipinski definition) is 4. The van der Waals surface area contributed by atoms with E-state index in [9.17, 15) is 19.5 Å². The van der Waals surface area contributed by atoms with Crippen LogP contribution in [0.1, 0.15) is 107 Å². The summed E-state index contributed by atoms with van der Waals surface area (Å²) in [6, 6.07) is -1.83. The fourth-order valence-electron chi connectivity index (χ4n) is 3.99. The van der Waals surface area contributed by atoms with Crippen LogP contribution in [0.3, 0.4) is 0 Å². The number of nitrogens with one attached hydrogen (secondary N) is 3. The molecule has 0 bridgehead atoms. The molecule has 7 nitrogen and oxygen atoms in total. The number of carbonyl (C=O) groups excluding carboxylic acids is 3. The Morgan fingerprint density at radius 1 is 0.706 bits per heavy atom. The molecule has 3 amide bonds. The first-order valence-corrected chi connectivity index (χ1v) is 13.4. The van der Waals surface area contributed by atoms with Crippen LogP contribution >= 0.6 is 0 Å². The van der Waals surface area contributed by atoms with Crippen LogP contribution in [-0.2, 0) is 14.4 Å². The summed E-state index contributed by atoms with van der Waals surface area (Å²) < 4.78 is 0. The maximum absolute atomic E-state index is 13.2. The summed E-state index contributed by atoms with van der Waals surface area (Å²) in [5.41, 5.74) is 0. The Bertz CT molecular complexity index is 605. The Hall–Kier alpha value is -1.63. The third-order valence-electron chi connectivity index (χ3n) is 5.98. The van der Waals surface area contributed by atoms with Gasteiger partial charge in [0, 0.05) is 6.42 Å². The molecule has 0 aromatic carbocycles. The molecule has 200 valence electrons. The predicted octanol–water partition coefficient (Wildman–Crippen LogP) is 4.18. The normalized spacial score (nSPS) is 15.4. The molecule has 0 fully saturated rings. The van der Waals surface area contributed by atoms with E-state index in [1.165, 1.54) is 0 Å². The Kier molecular flexibility index (Phi) is 16.1. The average molecular weight is 484 g/mol. The zero-order valence-corrected chi connectivity index (χ0v) is 23.2. The van der Waals surface area contributed by atoms with Crippen LogP contribution in [0.5, 0.6) is 0 Å². The summed E-state index contributed by atoms with van der Waals surface area (Å²) in [7, 11) is 0. The monoisotopic (exact) mass is 483 g/mol. The van der Waals surface area contributed by atoms with Crippen molar-refractivity contribution >= 4 is 17.7 Å². The third-order valence-corrected chi connectivity index (χ3v) is 5.98. The Morgan fingerprint density at radius 3 is 1.71 bits per heavy atom. The van der Waals surface area contributed by atoms with E-state index in [0.717, 1.165) is 25.7 Å². The molecular weight excluding hydrogens is 430 g/mol. The summed E-state index contributed by atoms with van der Waals surface area (Å²) in [6.07, 6.45) is 5.30. The number of aliphatic hydroxyl groups is 1. The van der Waals surface area contributed by atoms with Gasteiger partial charge in [0.1, 0.15) is 12.1 Å². The minimum atomic E-state index is -0.752. The smallest absolute Gasteiger partial charge is 0.243 e. The van der Waals surface area contributed by atoms with Gasteiger partial charge in [-0.25, -0.2) is 0 Å². The van der Waals surface area contributed by atoms with Gasteiger partial charge in [0.15, 0.2) is 0 Å². The van der Waals surface area contributed by atoms with Gasteiger partial charge in [0.25, 0.3) is 0 Å². The number of unbranched alkanes of at least 4 members (excludes halogenated alkanes) is 3. The molecule has 0 aromatic heterocycles. The van der Waals surface area contributed by atoms with E-state index in [1.54, 1.807) is 0 Å². The molecule has 0 spiro atoms. The SMILES string of the molecule is CCCCCCC(O)C(CC(C)C)NC(=O)[C@@H](NC(=O)[C@@H](NC(=O)CC(C)C)C(C)C)C(C)C. The van der Waals surface area contributed by atoms with Gasteiger partial charge in [-0.3, -0.25) is 14.4 Å². The number of amides is 3. The highest BCUT2D eigenvalue weighted by Crippen LogP contribution is 2.16. The fourth-order valence-corrected chi connectivity index (χ4v) is 3.99.